The van der Waals surface area contributed by atoms with E-state index in [4.69, 9.17) is 4.74 Å². The van der Waals surface area contributed by atoms with Crippen molar-refractivity contribution >= 4 is 16.7 Å². The highest BCUT2D eigenvalue weighted by atomic mass is 16.5. The Morgan fingerprint density at radius 3 is 2.62 bits per heavy atom. The van der Waals surface area contributed by atoms with E-state index in [0.29, 0.717) is 6.42 Å². The van der Waals surface area contributed by atoms with E-state index in [2.05, 4.69) is 24.3 Å². The Morgan fingerprint density at radius 2 is 1.88 bits per heavy atom. The quantitative estimate of drug-likeness (QED) is 0.678. The monoisotopic (exact) mass is 212 g/mol. The summed E-state index contributed by atoms with van der Waals surface area (Å²) in [4.78, 5) is 11.1. The van der Waals surface area contributed by atoms with Crippen LogP contribution in [0.4, 0.5) is 0 Å². The molecule has 0 bridgehead atoms. The van der Waals surface area contributed by atoms with Gasteiger partial charge in [-0.25, -0.2) is 0 Å². The van der Waals surface area contributed by atoms with E-state index < -0.39 is 0 Å². The summed E-state index contributed by atoms with van der Waals surface area (Å²) in [5, 5.41) is 2.42. The lowest BCUT2D eigenvalue weighted by Crippen LogP contribution is -1.98. The minimum absolute atomic E-state index is 0.0443. The second-order valence-electron chi connectivity index (χ2n) is 4.12. The van der Waals surface area contributed by atoms with Gasteiger partial charge in [-0.2, -0.15) is 0 Å². The molecule has 2 heteroatoms. The number of cyclic esters (lactones) is 1. The highest BCUT2D eigenvalue weighted by Crippen LogP contribution is 2.31. The Hall–Kier alpha value is -1.83. The molecule has 1 saturated heterocycles. The van der Waals surface area contributed by atoms with Crippen molar-refractivity contribution in [3.05, 3.63) is 48.0 Å². The summed E-state index contributed by atoms with van der Waals surface area (Å²) in [5.41, 5.74) is 1.10. The SMILES string of the molecule is O=C1CCC(c2ccc3ccccc3c2)O1. The van der Waals surface area contributed by atoms with Crippen molar-refractivity contribution < 1.29 is 9.53 Å². The molecule has 0 N–H and O–H groups in total. The normalized spacial score (nSPS) is 20.0. The molecule has 0 aliphatic carbocycles. The average Bonchev–Trinajstić information content (AvgIpc) is 2.75. The van der Waals surface area contributed by atoms with Crippen LogP contribution in [-0.2, 0) is 9.53 Å². The van der Waals surface area contributed by atoms with Gasteiger partial charge in [0.1, 0.15) is 6.10 Å². The molecule has 1 heterocycles. The molecule has 0 amide bonds. The molecular formula is C14H12O2. The second-order valence-corrected chi connectivity index (χ2v) is 4.12. The van der Waals surface area contributed by atoms with E-state index in [9.17, 15) is 4.79 Å². The van der Waals surface area contributed by atoms with E-state index in [0.717, 1.165) is 12.0 Å². The van der Waals surface area contributed by atoms with Gasteiger partial charge in [0.05, 0.1) is 0 Å². The summed E-state index contributed by atoms with van der Waals surface area (Å²) in [6, 6.07) is 14.4. The maximum absolute atomic E-state index is 11.1. The average molecular weight is 212 g/mol. The summed E-state index contributed by atoms with van der Waals surface area (Å²) < 4.78 is 5.26. The van der Waals surface area contributed by atoms with Crippen LogP contribution >= 0.6 is 0 Å². The number of hydrogen-bond acceptors (Lipinski definition) is 2. The van der Waals surface area contributed by atoms with Gasteiger partial charge in [0, 0.05) is 6.42 Å². The smallest absolute Gasteiger partial charge is 0.306 e. The van der Waals surface area contributed by atoms with Crippen LogP contribution in [0.3, 0.4) is 0 Å². The highest BCUT2D eigenvalue weighted by molar-refractivity contribution is 5.83. The Kier molecular flexibility index (Phi) is 2.13. The number of hydrogen-bond donors (Lipinski definition) is 0. The predicted molar refractivity (Wildman–Crippen MR) is 62.0 cm³/mol. The molecule has 0 spiro atoms. The largest absolute Gasteiger partial charge is 0.457 e. The van der Waals surface area contributed by atoms with Gasteiger partial charge < -0.3 is 4.74 Å². The molecular weight excluding hydrogens is 200 g/mol. The van der Waals surface area contributed by atoms with Gasteiger partial charge >= 0.3 is 5.97 Å². The van der Waals surface area contributed by atoms with E-state index in [1.54, 1.807) is 0 Å². The van der Waals surface area contributed by atoms with Crippen molar-refractivity contribution in [2.24, 2.45) is 0 Å². The zero-order chi connectivity index (χ0) is 11.0. The van der Waals surface area contributed by atoms with Gasteiger partial charge in [-0.15, -0.1) is 0 Å². The van der Waals surface area contributed by atoms with Gasteiger partial charge in [0.25, 0.3) is 0 Å². The van der Waals surface area contributed by atoms with Crippen LogP contribution < -0.4 is 0 Å². The van der Waals surface area contributed by atoms with Crippen LogP contribution in [-0.4, -0.2) is 5.97 Å². The number of rotatable bonds is 1. The van der Waals surface area contributed by atoms with Crippen molar-refractivity contribution in [3.8, 4) is 0 Å². The number of benzene rings is 2. The summed E-state index contributed by atoms with van der Waals surface area (Å²) in [6.07, 6.45) is 1.30. The molecule has 1 fully saturated rings. The van der Waals surface area contributed by atoms with Gasteiger partial charge in [0.2, 0.25) is 0 Å². The summed E-state index contributed by atoms with van der Waals surface area (Å²) in [6.45, 7) is 0. The topological polar surface area (TPSA) is 26.3 Å². The molecule has 1 unspecified atom stereocenters. The molecule has 1 aliphatic heterocycles. The maximum Gasteiger partial charge on any atom is 0.306 e. The Balaban J connectivity index is 2.02. The predicted octanol–water partition coefficient (Wildman–Crippen LogP) is 3.22. The fourth-order valence-electron chi connectivity index (χ4n) is 2.17. The molecule has 2 aromatic carbocycles. The number of carbonyl (C=O) groups is 1. The molecule has 0 radical (unpaired) electrons. The van der Waals surface area contributed by atoms with Crippen LogP contribution in [0, 0.1) is 0 Å². The third-order valence-electron chi connectivity index (χ3n) is 3.03. The van der Waals surface area contributed by atoms with Gasteiger partial charge in [-0.05, 0) is 28.8 Å². The first-order chi connectivity index (χ1) is 7.83. The van der Waals surface area contributed by atoms with Crippen molar-refractivity contribution in [2.75, 3.05) is 0 Å². The molecule has 0 aromatic heterocycles. The Labute approximate surface area is 93.8 Å². The van der Waals surface area contributed by atoms with Crippen molar-refractivity contribution in [1.82, 2.24) is 0 Å². The lowest BCUT2D eigenvalue weighted by atomic mass is 10.0. The zero-order valence-corrected chi connectivity index (χ0v) is 8.85. The lowest BCUT2D eigenvalue weighted by Gasteiger charge is -2.10. The molecule has 1 aliphatic rings. The molecule has 80 valence electrons. The van der Waals surface area contributed by atoms with Gasteiger partial charge in [-0.1, -0.05) is 36.4 Å². The van der Waals surface area contributed by atoms with E-state index >= 15 is 0 Å². The van der Waals surface area contributed by atoms with E-state index in [-0.39, 0.29) is 12.1 Å². The minimum atomic E-state index is -0.0850. The van der Waals surface area contributed by atoms with Crippen molar-refractivity contribution in [1.29, 1.82) is 0 Å². The van der Waals surface area contributed by atoms with Crippen LogP contribution in [0.25, 0.3) is 10.8 Å². The third kappa shape index (κ3) is 1.56. The fourth-order valence-corrected chi connectivity index (χ4v) is 2.17. The van der Waals surface area contributed by atoms with Crippen LogP contribution in [0.1, 0.15) is 24.5 Å². The van der Waals surface area contributed by atoms with Crippen LogP contribution in [0.5, 0.6) is 0 Å². The second kappa shape index (κ2) is 3.63. The summed E-state index contributed by atoms with van der Waals surface area (Å²) in [7, 11) is 0. The van der Waals surface area contributed by atoms with Gasteiger partial charge in [-0.3, -0.25) is 4.79 Å². The Bertz CT molecular complexity index is 545. The molecule has 2 aromatic rings. The zero-order valence-electron chi connectivity index (χ0n) is 8.85. The maximum atomic E-state index is 11.1. The summed E-state index contributed by atoms with van der Waals surface area (Å²) >= 11 is 0. The summed E-state index contributed by atoms with van der Waals surface area (Å²) in [5.74, 6) is -0.0850. The number of carbonyl (C=O) groups excluding carboxylic acids is 1. The first kappa shape index (κ1) is 9.40. The minimum Gasteiger partial charge on any atom is -0.457 e. The standard InChI is InChI=1S/C14H12O2/c15-14-8-7-13(16-14)12-6-5-10-3-1-2-4-11(10)9-12/h1-6,9,13H,7-8H2. The number of esters is 1. The third-order valence-corrected chi connectivity index (χ3v) is 3.03. The molecule has 2 nitrogen and oxygen atoms in total. The molecule has 16 heavy (non-hydrogen) atoms. The van der Waals surface area contributed by atoms with Crippen molar-refractivity contribution in [3.63, 3.8) is 0 Å². The van der Waals surface area contributed by atoms with Crippen LogP contribution in [0.15, 0.2) is 42.5 Å². The molecule has 3 rings (SSSR count). The van der Waals surface area contributed by atoms with Crippen molar-refractivity contribution in [2.45, 2.75) is 18.9 Å². The first-order valence-electron chi connectivity index (χ1n) is 5.51. The lowest BCUT2D eigenvalue weighted by molar-refractivity contribution is -0.141. The number of fused-ring (bicyclic) bond motifs is 1. The fraction of sp³-hybridized carbons (Fsp3) is 0.214. The van der Waals surface area contributed by atoms with Gasteiger partial charge in [0.15, 0.2) is 0 Å². The van der Waals surface area contributed by atoms with E-state index in [1.165, 1.54) is 10.8 Å². The Morgan fingerprint density at radius 1 is 1.06 bits per heavy atom. The van der Waals surface area contributed by atoms with E-state index in [1.807, 2.05) is 18.2 Å². The number of ether oxygens (including phenoxy) is 1. The highest BCUT2D eigenvalue weighted by Gasteiger charge is 2.24. The molecule has 0 saturated carbocycles. The molecule has 1 atom stereocenters. The first-order valence-corrected chi connectivity index (χ1v) is 5.51. The van der Waals surface area contributed by atoms with Crippen LogP contribution in [0.2, 0.25) is 0 Å².